The van der Waals surface area contributed by atoms with Crippen LogP contribution in [0.5, 0.6) is 0 Å². The molecule has 0 spiro atoms. The van der Waals surface area contributed by atoms with E-state index < -0.39 is 0 Å². The number of aliphatic hydroxyl groups excluding tert-OH is 1. The molecule has 0 saturated carbocycles. The lowest BCUT2D eigenvalue weighted by Gasteiger charge is -2.31. The van der Waals surface area contributed by atoms with Crippen molar-refractivity contribution < 1.29 is 9.50 Å². The second-order valence-electron chi connectivity index (χ2n) is 7.29. The van der Waals surface area contributed by atoms with Crippen LogP contribution in [0.1, 0.15) is 31.4 Å². The molecule has 10 heteroatoms. The van der Waals surface area contributed by atoms with Crippen molar-refractivity contribution in [1.82, 2.24) is 19.9 Å². The van der Waals surface area contributed by atoms with E-state index in [1.54, 1.807) is 30.7 Å². The summed E-state index contributed by atoms with van der Waals surface area (Å²) in [6.45, 7) is 3.40. The first-order chi connectivity index (χ1) is 14.6. The van der Waals surface area contributed by atoms with E-state index in [1.807, 2.05) is 13.0 Å². The Balaban J connectivity index is 0.00000272. The van der Waals surface area contributed by atoms with Gasteiger partial charge in [-0.25, -0.2) is 9.37 Å². The highest BCUT2D eigenvalue weighted by Gasteiger charge is 2.20. The van der Waals surface area contributed by atoms with Gasteiger partial charge in [0.15, 0.2) is 0 Å². The Hall–Kier alpha value is -3.04. The predicted molar refractivity (Wildman–Crippen MR) is 120 cm³/mol. The van der Waals surface area contributed by atoms with Crippen LogP contribution in [-0.2, 0) is 0 Å². The fraction of sp³-hybridized carbons (Fsp3) is 0.333. The van der Waals surface area contributed by atoms with Crippen LogP contribution in [0.15, 0.2) is 48.9 Å². The fourth-order valence-corrected chi connectivity index (χ4v) is 3.34. The summed E-state index contributed by atoms with van der Waals surface area (Å²) in [5.74, 6) is 2.10. The Bertz CT molecular complexity index is 969. The highest BCUT2D eigenvalue weighted by Crippen LogP contribution is 2.25. The van der Waals surface area contributed by atoms with Crippen molar-refractivity contribution in [1.29, 1.82) is 0 Å². The maximum absolute atomic E-state index is 13.2. The number of aliphatic hydroxyl groups is 1. The van der Waals surface area contributed by atoms with Gasteiger partial charge < -0.3 is 20.6 Å². The lowest BCUT2D eigenvalue weighted by molar-refractivity contribution is 0.145. The van der Waals surface area contributed by atoms with Gasteiger partial charge in [-0.1, -0.05) is 12.1 Å². The average molecular weight is 446 g/mol. The molecule has 4 rings (SSSR count). The molecule has 1 fully saturated rings. The van der Waals surface area contributed by atoms with Crippen molar-refractivity contribution in [3.63, 3.8) is 0 Å². The van der Waals surface area contributed by atoms with Gasteiger partial charge in [0.2, 0.25) is 5.95 Å². The number of halogens is 2. The van der Waals surface area contributed by atoms with Crippen molar-refractivity contribution in [2.75, 3.05) is 28.6 Å². The van der Waals surface area contributed by atoms with Crippen LogP contribution in [0.4, 0.5) is 27.8 Å². The quantitative estimate of drug-likeness (QED) is 0.528. The summed E-state index contributed by atoms with van der Waals surface area (Å²) in [7, 11) is 0. The maximum Gasteiger partial charge on any atom is 0.227 e. The molecule has 3 aromatic rings. The molecule has 3 N–H and O–H groups in total. The number of hydrogen-bond acceptors (Lipinski definition) is 8. The van der Waals surface area contributed by atoms with Gasteiger partial charge in [-0.05, 0) is 37.5 Å². The third-order valence-corrected chi connectivity index (χ3v) is 5.04. The number of hydrogen-bond donors (Lipinski definition) is 3. The first-order valence-electron chi connectivity index (χ1n) is 9.94. The minimum atomic E-state index is -0.271. The Kier molecular flexibility index (Phi) is 7.54. The van der Waals surface area contributed by atoms with Gasteiger partial charge in [0.1, 0.15) is 23.3 Å². The second-order valence-corrected chi connectivity index (χ2v) is 7.29. The van der Waals surface area contributed by atoms with Crippen LogP contribution in [0.2, 0.25) is 0 Å². The SMILES string of the molecule is CC(Nc1nc(Nc2cnccn2)cc(N2CCC(O)CC2)n1)c1ccc(F)cc1.Cl. The summed E-state index contributed by atoms with van der Waals surface area (Å²) in [5.41, 5.74) is 0.926. The molecule has 0 bridgehead atoms. The number of aromatic nitrogens is 4. The first kappa shape index (κ1) is 22.6. The van der Waals surface area contributed by atoms with Crippen LogP contribution in [-0.4, -0.2) is 44.2 Å². The molecule has 2 aromatic heterocycles. The Labute approximate surface area is 186 Å². The monoisotopic (exact) mass is 445 g/mol. The molecule has 164 valence electrons. The number of nitrogens with one attached hydrogen (secondary N) is 2. The lowest BCUT2D eigenvalue weighted by Crippen LogP contribution is -2.36. The molecule has 8 nitrogen and oxygen atoms in total. The lowest BCUT2D eigenvalue weighted by atomic mass is 10.1. The van der Waals surface area contributed by atoms with Gasteiger partial charge in [0, 0.05) is 31.5 Å². The third-order valence-electron chi connectivity index (χ3n) is 5.04. The van der Waals surface area contributed by atoms with E-state index in [0.717, 1.165) is 24.5 Å². The zero-order valence-electron chi connectivity index (χ0n) is 17.1. The number of rotatable bonds is 6. The summed E-state index contributed by atoms with van der Waals surface area (Å²) >= 11 is 0. The van der Waals surface area contributed by atoms with Crippen LogP contribution < -0.4 is 15.5 Å². The molecule has 1 aliphatic heterocycles. The van der Waals surface area contributed by atoms with Crippen LogP contribution in [0, 0.1) is 5.82 Å². The zero-order chi connectivity index (χ0) is 20.9. The molecular formula is C21H25ClFN7O. The molecule has 1 aromatic carbocycles. The number of piperidine rings is 1. The molecule has 1 atom stereocenters. The minimum absolute atomic E-state index is 0. The Morgan fingerprint density at radius 2 is 1.84 bits per heavy atom. The van der Waals surface area contributed by atoms with Gasteiger partial charge >= 0.3 is 0 Å². The summed E-state index contributed by atoms with van der Waals surface area (Å²) < 4.78 is 13.2. The molecule has 1 unspecified atom stereocenters. The van der Waals surface area contributed by atoms with E-state index in [1.165, 1.54) is 12.1 Å². The normalized spacial score (nSPS) is 15.1. The number of nitrogens with zero attached hydrogens (tertiary/aromatic N) is 5. The van der Waals surface area contributed by atoms with E-state index in [4.69, 9.17) is 0 Å². The van der Waals surface area contributed by atoms with Crippen LogP contribution >= 0.6 is 12.4 Å². The van der Waals surface area contributed by atoms with E-state index in [0.29, 0.717) is 30.4 Å². The summed E-state index contributed by atoms with van der Waals surface area (Å²) in [5, 5.41) is 16.3. The van der Waals surface area contributed by atoms with Crippen molar-refractivity contribution in [2.45, 2.75) is 31.9 Å². The first-order valence-corrected chi connectivity index (χ1v) is 9.94. The molecule has 0 amide bonds. The Morgan fingerprint density at radius 3 is 2.52 bits per heavy atom. The molecule has 1 aliphatic rings. The zero-order valence-corrected chi connectivity index (χ0v) is 17.9. The third kappa shape index (κ3) is 5.99. The van der Waals surface area contributed by atoms with E-state index in [2.05, 4.69) is 35.5 Å². The number of anilines is 4. The van der Waals surface area contributed by atoms with Crippen LogP contribution in [0.3, 0.4) is 0 Å². The van der Waals surface area contributed by atoms with Gasteiger partial charge in [-0.3, -0.25) is 4.98 Å². The second kappa shape index (κ2) is 10.3. The fourth-order valence-electron chi connectivity index (χ4n) is 3.34. The summed E-state index contributed by atoms with van der Waals surface area (Å²) in [6.07, 6.45) is 5.96. The highest BCUT2D eigenvalue weighted by molar-refractivity contribution is 5.85. The molecule has 0 aliphatic carbocycles. The van der Waals surface area contributed by atoms with Crippen molar-refractivity contribution in [2.24, 2.45) is 0 Å². The average Bonchev–Trinajstić information content (AvgIpc) is 2.75. The van der Waals surface area contributed by atoms with E-state index in [9.17, 15) is 9.50 Å². The molecule has 0 radical (unpaired) electrons. The van der Waals surface area contributed by atoms with Gasteiger partial charge in [-0.2, -0.15) is 9.97 Å². The van der Waals surface area contributed by atoms with Gasteiger partial charge in [0.25, 0.3) is 0 Å². The standard InChI is InChI=1S/C21H24FN7O.ClH/c1-14(15-2-4-16(22)5-3-15)25-21-27-18(26-19-13-23-8-9-24-19)12-20(28-21)29-10-6-17(30)7-11-29;/h2-5,8-9,12-14,17,30H,6-7,10-11H2,1H3,(H2,24,25,26,27,28);1H. The summed E-state index contributed by atoms with van der Waals surface area (Å²) in [4.78, 5) is 19.7. The number of benzene rings is 1. The van der Waals surface area contributed by atoms with Gasteiger partial charge in [0.05, 0.1) is 18.3 Å². The largest absolute Gasteiger partial charge is 0.393 e. The maximum atomic E-state index is 13.2. The van der Waals surface area contributed by atoms with Crippen molar-refractivity contribution in [3.8, 4) is 0 Å². The predicted octanol–water partition coefficient (Wildman–Crippen LogP) is 3.71. The van der Waals surface area contributed by atoms with E-state index >= 15 is 0 Å². The van der Waals surface area contributed by atoms with E-state index in [-0.39, 0.29) is 30.4 Å². The van der Waals surface area contributed by atoms with Crippen molar-refractivity contribution in [3.05, 3.63) is 60.3 Å². The molecule has 1 saturated heterocycles. The highest BCUT2D eigenvalue weighted by atomic mass is 35.5. The topological polar surface area (TPSA) is 99.1 Å². The molecule has 31 heavy (non-hydrogen) atoms. The summed E-state index contributed by atoms with van der Waals surface area (Å²) in [6, 6.07) is 8.09. The smallest absolute Gasteiger partial charge is 0.227 e. The molecule has 3 heterocycles. The Morgan fingerprint density at radius 1 is 1.10 bits per heavy atom. The van der Waals surface area contributed by atoms with Crippen LogP contribution in [0.25, 0.3) is 0 Å². The van der Waals surface area contributed by atoms with Crippen molar-refractivity contribution >= 4 is 35.8 Å². The minimum Gasteiger partial charge on any atom is -0.393 e. The molecular weight excluding hydrogens is 421 g/mol. The van der Waals surface area contributed by atoms with Gasteiger partial charge in [-0.15, -0.1) is 12.4 Å².